The zero-order valence-corrected chi connectivity index (χ0v) is 11.6. The predicted molar refractivity (Wildman–Crippen MR) is 72.9 cm³/mol. The normalized spacial score (nSPS) is 11.1. The fourth-order valence-electron chi connectivity index (χ4n) is 1.65. The maximum Gasteiger partial charge on any atom is 0.0638 e. The Morgan fingerprint density at radius 1 is 1.53 bits per heavy atom. The number of aryl methyl sites for hydroxylation is 2. The van der Waals surface area contributed by atoms with E-state index in [0.29, 0.717) is 5.92 Å². The Bertz CT molecular complexity index is 364. The number of nitrogens with zero attached hydrogens (tertiary/aromatic N) is 2. The third kappa shape index (κ3) is 5.18. The molecule has 0 saturated carbocycles. The van der Waals surface area contributed by atoms with Gasteiger partial charge < -0.3 is 5.32 Å². The van der Waals surface area contributed by atoms with Crippen molar-refractivity contribution in [1.29, 1.82) is 0 Å². The highest BCUT2D eigenvalue weighted by Gasteiger charge is 2.04. The Hall–Kier alpha value is -1.09. The molecular formula is C14H25N3. The minimum Gasteiger partial charge on any atom is -0.312 e. The van der Waals surface area contributed by atoms with Crippen molar-refractivity contribution in [3.63, 3.8) is 0 Å². The first-order valence-corrected chi connectivity index (χ1v) is 6.37. The second-order valence-electron chi connectivity index (χ2n) is 5.23. The molecule has 1 N–H and O–H groups in total. The molecule has 3 nitrogen and oxygen atoms in total. The first kappa shape index (κ1) is 14.0. The molecule has 0 unspecified atom stereocenters. The van der Waals surface area contributed by atoms with Crippen molar-refractivity contribution in [3.05, 3.63) is 29.6 Å². The summed E-state index contributed by atoms with van der Waals surface area (Å²) in [5.41, 5.74) is 3.63. The van der Waals surface area contributed by atoms with Crippen molar-refractivity contribution in [3.8, 4) is 0 Å². The van der Waals surface area contributed by atoms with Gasteiger partial charge in [-0.05, 0) is 32.7 Å². The lowest BCUT2D eigenvalue weighted by Crippen LogP contribution is -2.19. The minimum atomic E-state index is 0.689. The number of hydrogen-bond donors (Lipinski definition) is 1. The Kier molecular flexibility index (Phi) is 5.42. The zero-order chi connectivity index (χ0) is 12.8. The Morgan fingerprint density at radius 2 is 2.24 bits per heavy atom. The van der Waals surface area contributed by atoms with Gasteiger partial charge in [-0.1, -0.05) is 19.4 Å². The molecule has 0 amide bonds. The van der Waals surface area contributed by atoms with E-state index in [4.69, 9.17) is 0 Å². The van der Waals surface area contributed by atoms with E-state index in [0.717, 1.165) is 31.7 Å². The van der Waals surface area contributed by atoms with Crippen LogP contribution in [0, 0.1) is 12.8 Å². The second kappa shape index (κ2) is 6.60. The lowest BCUT2D eigenvalue weighted by Gasteiger charge is -2.05. The van der Waals surface area contributed by atoms with E-state index in [9.17, 15) is 0 Å². The molecule has 0 aromatic carbocycles. The summed E-state index contributed by atoms with van der Waals surface area (Å²) in [4.78, 5) is 0. The predicted octanol–water partition coefficient (Wildman–Crippen LogP) is 2.90. The number of nitrogens with one attached hydrogen (secondary N) is 1. The van der Waals surface area contributed by atoms with Gasteiger partial charge in [0.25, 0.3) is 0 Å². The molecule has 0 aliphatic heterocycles. The summed E-state index contributed by atoms with van der Waals surface area (Å²) in [7, 11) is 0. The molecular weight excluding hydrogens is 210 g/mol. The van der Waals surface area contributed by atoms with Crippen molar-refractivity contribution in [2.24, 2.45) is 5.92 Å². The molecule has 0 saturated heterocycles. The molecule has 1 aromatic heterocycles. The van der Waals surface area contributed by atoms with Gasteiger partial charge in [0.05, 0.1) is 5.69 Å². The van der Waals surface area contributed by atoms with Gasteiger partial charge in [-0.15, -0.1) is 6.58 Å². The second-order valence-corrected chi connectivity index (χ2v) is 5.23. The van der Waals surface area contributed by atoms with Crippen LogP contribution in [-0.4, -0.2) is 16.3 Å². The molecule has 0 spiro atoms. The molecule has 1 aromatic rings. The topological polar surface area (TPSA) is 29.9 Å². The maximum atomic E-state index is 4.52. The van der Waals surface area contributed by atoms with Gasteiger partial charge >= 0.3 is 0 Å². The molecule has 0 aliphatic rings. The van der Waals surface area contributed by atoms with Crippen LogP contribution in [-0.2, 0) is 13.1 Å². The summed E-state index contributed by atoms with van der Waals surface area (Å²) in [5, 5.41) is 7.97. The van der Waals surface area contributed by atoms with Crippen LogP contribution in [0.3, 0.4) is 0 Å². The third-order valence-electron chi connectivity index (χ3n) is 2.68. The standard InChI is InChI=1S/C14H25N3/c1-11(2)6-7-17-10-14(13(5)16-17)9-15-8-12(3)4/h10,12,15H,1,6-9H2,2-5H3. The summed E-state index contributed by atoms with van der Waals surface area (Å²) in [5.74, 6) is 0.689. The largest absolute Gasteiger partial charge is 0.312 e. The number of aromatic nitrogens is 2. The van der Waals surface area contributed by atoms with Crippen LogP contribution >= 0.6 is 0 Å². The molecule has 0 atom stereocenters. The van der Waals surface area contributed by atoms with Crippen LogP contribution in [0.4, 0.5) is 0 Å². The summed E-state index contributed by atoms with van der Waals surface area (Å²) < 4.78 is 2.02. The zero-order valence-electron chi connectivity index (χ0n) is 11.6. The van der Waals surface area contributed by atoms with Crippen LogP contribution in [0.15, 0.2) is 18.3 Å². The number of hydrogen-bond acceptors (Lipinski definition) is 2. The van der Waals surface area contributed by atoms with Gasteiger partial charge in [-0.3, -0.25) is 4.68 Å². The Morgan fingerprint density at radius 3 is 2.82 bits per heavy atom. The quantitative estimate of drug-likeness (QED) is 0.736. The molecule has 96 valence electrons. The molecule has 0 bridgehead atoms. The summed E-state index contributed by atoms with van der Waals surface area (Å²) in [6.07, 6.45) is 3.14. The Labute approximate surface area is 105 Å². The van der Waals surface area contributed by atoms with Crippen molar-refractivity contribution < 1.29 is 0 Å². The van der Waals surface area contributed by atoms with Crippen LogP contribution in [0.25, 0.3) is 0 Å². The van der Waals surface area contributed by atoms with E-state index in [1.807, 2.05) is 4.68 Å². The smallest absolute Gasteiger partial charge is 0.0638 e. The molecule has 0 fully saturated rings. The SMILES string of the molecule is C=C(C)CCn1cc(CNCC(C)C)c(C)n1. The summed E-state index contributed by atoms with van der Waals surface area (Å²) >= 11 is 0. The Balaban J connectivity index is 2.47. The maximum absolute atomic E-state index is 4.52. The molecule has 0 aliphatic carbocycles. The average Bonchev–Trinajstić information content (AvgIpc) is 2.56. The number of allylic oxidation sites excluding steroid dienone is 1. The first-order valence-electron chi connectivity index (χ1n) is 6.37. The monoisotopic (exact) mass is 235 g/mol. The highest BCUT2D eigenvalue weighted by molar-refractivity contribution is 5.15. The van der Waals surface area contributed by atoms with Gasteiger partial charge in [0.1, 0.15) is 0 Å². The lowest BCUT2D eigenvalue weighted by molar-refractivity contribution is 0.551. The van der Waals surface area contributed by atoms with Crippen LogP contribution in [0.2, 0.25) is 0 Å². The minimum absolute atomic E-state index is 0.689. The van der Waals surface area contributed by atoms with Crippen LogP contribution in [0.5, 0.6) is 0 Å². The van der Waals surface area contributed by atoms with E-state index in [-0.39, 0.29) is 0 Å². The third-order valence-corrected chi connectivity index (χ3v) is 2.68. The summed E-state index contributed by atoms with van der Waals surface area (Å²) in [6.45, 7) is 15.4. The van der Waals surface area contributed by atoms with Crippen molar-refractivity contribution in [2.45, 2.75) is 47.2 Å². The van der Waals surface area contributed by atoms with Crippen LogP contribution in [0.1, 0.15) is 38.4 Å². The number of rotatable bonds is 7. The van der Waals surface area contributed by atoms with Crippen LogP contribution < -0.4 is 5.32 Å². The fraction of sp³-hybridized carbons (Fsp3) is 0.643. The van der Waals surface area contributed by atoms with E-state index >= 15 is 0 Å². The molecule has 1 heterocycles. The van der Waals surface area contributed by atoms with Crippen molar-refractivity contribution in [1.82, 2.24) is 15.1 Å². The molecule has 1 rings (SSSR count). The highest BCUT2D eigenvalue weighted by atomic mass is 15.3. The summed E-state index contributed by atoms with van der Waals surface area (Å²) in [6, 6.07) is 0. The van der Waals surface area contributed by atoms with E-state index in [1.54, 1.807) is 0 Å². The van der Waals surface area contributed by atoms with Crippen molar-refractivity contribution in [2.75, 3.05) is 6.54 Å². The van der Waals surface area contributed by atoms with E-state index in [2.05, 4.69) is 50.9 Å². The first-order chi connectivity index (χ1) is 7.99. The van der Waals surface area contributed by atoms with Crippen molar-refractivity contribution >= 4 is 0 Å². The van der Waals surface area contributed by atoms with Gasteiger partial charge in [0.15, 0.2) is 0 Å². The van der Waals surface area contributed by atoms with Gasteiger partial charge in [-0.2, -0.15) is 5.10 Å². The van der Waals surface area contributed by atoms with Gasteiger partial charge in [0, 0.05) is 24.8 Å². The lowest BCUT2D eigenvalue weighted by atomic mass is 10.2. The molecule has 17 heavy (non-hydrogen) atoms. The van der Waals surface area contributed by atoms with Gasteiger partial charge in [0.2, 0.25) is 0 Å². The fourth-order valence-corrected chi connectivity index (χ4v) is 1.65. The highest BCUT2D eigenvalue weighted by Crippen LogP contribution is 2.07. The van der Waals surface area contributed by atoms with E-state index in [1.165, 1.54) is 11.1 Å². The van der Waals surface area contributed by atoms with E-state index < -0.39 is 0 Å². The van der Waals surface area contributed by atoms with Gasteiger partial charge in [-0.25, -0.2) is 0 Å². The average molecular weight is 235 g/mol. The molecule has 3 heteroatoms. The molecule has 0 radical (unpaired) electrons.